The molecule has 0 atom stereocenters. The number of amides is 1. The minimum absolute atomic E-state index is 0.0245. The minimum atomic E-state index is -3.22. The van der Waals surface area contributed by atoms with Gasteiger partial charge in [0.15, 0.2) is 0 Å². The van der Waals surface area contributed by atoms with Gasteiger partial charge in [-0.1, -0.05) is 175 Å². The Labute approximate surface area is 627 Å². The van der Waals surface area contributed by atoms with E-state index >= 15 is 0 Å². The zero-order chi connectivity index (χ0) is 72.3. The highest BCUT2D eigenvalue weighted by molar-refractivity contribution is 8.24. The van der Waals surface area contributed by atoms with E-state index in [1.165, 1.54) is 91.5 Å². The van der Waals surface area contributed by atoms with Crippen molar-refractivity contribution in [2.75, 3.05) is 7.15 Å². The molecular weight excluding hydrogens is 1460 g/mol. The summed E-state index contributed by atoms with van der Waals surface area (Å²) in [4.78, 5) is 36.6. The normalized spacial score (nSPS) is 13.5. The summed E-state index contributed by atoms with van der Waals surface area (Å²) >= 11 is 27.4. The summed E-state index contributed by atoms with van der Waals surface area (Å²) in [6.45, 7) is 8.32. The highest BCUT2D eigenvalue weighted by Gasteiger charge is 2.53. The average molecular weight is 1520 g/mol. The van der Waals surface area contributed by atoms with Gasteiger partial charge in [0.2, 0.25) is 5.91 Å². The maximum absolute atomic E-state index is 12.2. The smallest absolute Gasteiger partial charge is 0.398 e. The number of hydrogen-bond donors (Lipinski definition) is 2. The molecule has 19 aromatic rings. The van der Waals surface area contributed by atoms with Crippen LogP contribution in [0, 0.1) is 0 Å². The van der Waals surface area contributed by atoms with Crippen LogP contribution in [0.2, 0.25) is 5.15 Å². The second kappa shape index (κ2) is 28.3. The van der Waals surface area contributed by atoms with Gasteiger partial charge in [0.05, 0.1) is 41.9 Å². The number of thiophene rings is 4. The number of nitrogens with zero attached hydrogens (tertiary/aromatic N) is 2. The molecular formula is C83H59BCl4FN4O5PS4. The summed E-state index contributed by atoms with van der Waals surface area (Å²) in [6, 6.07) is 85.4. The quantitative estimate of drug-likeness (QED) is 0.0778. The molecule has 7 aromatic heterocycles. The van der Waals surface area contributed by atoms with Crippen LogP contribution in [0.25, 0.3) is 157 Å². The van der Waals surface area contributed by atoms with E-state index in [2.05, 4.69) is 253 Å². The summed E-state index contributed by atoms with van der Waals surface area (Å²) in [5, 5.41) is 17.2. The van der Waals surface area contributed by atoms with Crippen molar-refractivity contribution in [2.45, 2.75) is 38.9 Å². The topological polar surface area (TPSA) is 137 Å². The first-order chi connectivity index (χ1) is 50.1. The highest BCUT2D eigenvalue weighted by atomic mass is 36.0. The monoisotopic (exact) mass is 1520 g/mol. The van der Waals surface area contributed by atoms with Crippen molar-refractivity contribution < 1.29 is 24.4 Å². The Hall–Kier alpha value is -8.90. The number of fused-ring (bicyclic) bond motifs is 21. The van der Waals surface area contributed by atoms with E-state index in [0.29, 0.717) is 10.7 Å². The van der Waals surface area contributed by atoms with Crippen molar-refractivity contribution in [1.82, 2.24) is 15.0 Å². The van der Waals surface area contributed by atoms with E-state index in [1.54, 1.807) is 40.1 Å². The molecule has 20 rings (SSSR count). The molecule has 0 unspecified atom stereocenters. The summed E-state index contributed by atoms with van der Waals surface area (Å²) < 4.78 is 47.9. The van der Waals surface area contributed by atoms with Gasteiger partial charge in [0, 0.05) is 119 Å². The molecule has 20 heteroatoms. The van der Waals surface area contributed by atoms with Crippen LogP contribution >= 0.6 is 95.9 Å². The van der Waals surface area contributed by atoms with E-state index in [-0.39, 0.29) is 5.56 Å². The Morgan fingerprint density at radius 3 is 1.31 bits per heavy atom. The lowest BCUT2D eigenvalue weighted by atomic mass is 9.80. The van der Waals surface area contributed by atoms with Crippen LogP contribution in [0.5, 0.6) is 0 Å². The Balaban J connectivity index is 0.000000109. The number of aromatic amines is 1. The fourth-order valence-corrected chi connectivity index (χ4v) is 18.2. The third-order valence-corrected chi connectivity index (χ3v) is 23.8. The molecule has 103 heavy (non-hydrogen) atoms. The summed E-state index contributed by atoms with van der Waals surface area (Å²) in [6.07, 6.45) is 0. The Morgan fingerprint density at radius 1 is 0.456 bits per heavy atom. The number of rotatable bonds is 3. The predicted octanol–water partition coefficient (Wildman–Crippen LogP) is 25.7. The lowest BCUT2D eigenvalue weighted by molar-refractivity contribution is 0.00578. The fraction of sp³-hybridized carbons (Fsp3) is 0.0843. The molecule has 9 nitrogen and oxygen atoms in total. The minimum Gasteiger partial charge on any atom is -0.398 e. The first-order valence-electron chi connectivity index (χ1n) is 33.3. The van der Waals surface area contributed by atoms with Crippen molar-refractivity contribution in [3.05, 3.63) is 270 Å². The number of nitrogens with two attached hydrogens (primary N) is 1. The van der Waals surface area contributed by atoms with E-state index in [0.717, 1.165) is 71.0 Å². The molecule has 1 saturated heterocycles. The van der Waals surface area contributed by atoms with E-state index < -0.39 is 36.6 Å². The number of alkyl halides is 1. The zero-order valence-corrected chi connectivity index (χ0v) is 62.6. The number of pyridine rings is 3. The van der Waals surface area contributed by atoms with Crippen LogP contribution in [-0.4, -0.2) is 46.3 Å². The van der Waals surface area contributed by atoms with E-state index in [9.17, 15) is 18.5 Å². The van der Waals surface area contributed by atoms with Crippen molar-refractivity contribution in [3.63, 3.8) is 0 Å². The van der Waals surface area contributed by atoms with Crippen LogP contribution in [0.4, 0.5) is 4.39 Å². The maximum atomic E-state index is 12.2. The van der Waals surface area contributed by atoms with Gasteiger partial charge in [-0.25, -0.2) is 4.98 Å². The lowest BCUT2D eigenvalue weighted by Gasteiger charge is -2.32. The Morgan fingerprint density at radius 2 is 0.816 bits per heavy atom. The molecule has 1 aliphatic rings. The van der Waals surface area contributed by atoms with E-state index in [4.69, 9.17) is 33.0 Å². The number of carbonyl (C=O) groups excluding carboxylic acids is 1. The summed E-state index contributed by atoms with van der Waals surface area (Å²) in [5.41, 5.74) is 10.8. The number of hydrogen-bond acceptors (Lipinski definition) is 11. The van der Waals surface area contributed by atoms with Gasteiger partial charge < -0.3 is 20.0 Å². The lowest BCUT2D eigenvalue weighted by Crippen LogP contribution is -2.41. The van der Waals surface area contributed by atoms with Crippen LogP contribution in [-0.2, 0) is 13.9 Å². The third kappa shape index (κ3) is 13.5. The number of halogens is 5. The van der Waals surface area contributed by atoms with Gasteiger partial charge in [-0.05, 0) is 174 Å². The number of nitrogens with one attached hydrogen (secondary N) is 1. The van der Waals surface area contributed by atoms with E-state index in [1.807, 2.05) is 72.0 Å². The van der Waals surface area contributed by atoms with Gasteiger partial charge in [0.1, 0.15) is 5.15 Å². The number of carbonyl (C=O) groups is 1. The van der Waals surface area contributed by atoms with Crippen LogP contribution in [0.1, 0.15) is 39.4 Å². The van der Waals surface area contributed by atoms with Gasteiger partial charge in [0.25, 0.3) is 5.56 Å². The first-order valence-corrected chi connectivity index (χ1v) is 40.7. The number of H-pyrrole nitrogens is 1. The average Bonchev–Trinajstić information content (AvgIpc) is 1.50. The number of aromatic nitrogens is 3. The number of primary amides is 1. The molecule has 0 saturated carbocycles. The molecule has 3 N–H and O–H groups in total. The molecule has 1 fully saturated rings. The summed E-state index contributed by atoms with van der Waals surface area (Å²) in [5.74, 6) is -0.397. The first kappa shape index (κ1) is 68.5. The van der Waals surface area contributed by atoms with Crippen molar-refractivity contribution >= 4 is 260 Å². The van der Waals surface area contributed by atoms with Crippen molar-refractivity contribution in [1.29, 1.82) is 0 Å². The van der Waals surface area contributed by atoms with Gasteiger partial charge in [-0.15, -0.1) is 45.3 Å². The zero-order valence-electron chi connectivity index (χ0n) is 56.4. The second-order valence-electron chi connectivity index (χ2n) is 25.6. The maximum Gasteiger partial charge on any atom is 0.515 e. The van der Waals surface area contributed by atoms with Gasteiger partial charge in [-0.2, -0.15) is 0 Å². The molecule has 0 aliphatic carbocycles. The largest absolute Gasteiger partial charge is 0.515 e. The van der Waals surface area contributed by atoms with Crippen molar-refractivity contribution in [3.8, 4) is 11.1 Å². The second-order valence-corrected chi connectivity index (χ2v) is 36.9. The van der Waals surface area contributed by atoms with Crippen LogP contribution in [0.3, 0.4) is 0 Å². The third-order valence-electron chi connectivity index (χ3n) is 19.0. The molecule has 508 valence electrons. The Kier molecular flexibility index (Phi) is 18.8. The molecule has 8 heterocycles. The SMILES string of the molecule is CC1(C)OB(c2nc3cc4sc5ccccc5c4cc3c3ccccc23)OC1(C)C.Clc1nc2cc3sc4ccccc4c3cc2c2ccccc12.NC(=O)c1ccccc1-c1ccc2sc3ccccc3c2c1.O=P(Cl)(Cl)Cl.O=c1[nH]c2cc3sc4ccccc4c3cc2c2ccccc12.[2H]CF. The molecule has 0 bridgehead atoms. The van der Waals surface area contributed by atoms with Crippen LogP contribution in [0.15, 0.2) is 254 Å². The molecule has 12 aromatic carbocycles. The number of benzene rings is 12. The highest BCUT2D eigenvalue weighted by Crippen LogP contribution is 2.61. The Bertz CT molecular complexity index is 6720. The standard InChI is InChI=1S/C25H22BNO2S.C19H10ClNS.C19H11NOS.C19H13NOS.CH3F.Cl3OP/c1-24(2)25(3,4)29-26(28-24)23-17-11-6-5-9-15(17)18-13-19-16-10-7-8-12-21(16)30-22(19)14-20(18)27-23;20-19-13-7-2-1-5-11(13)14-9-15-12-6-3-4-8-17(12)22-18(15)10-16(14)21-19;21-19-13-7-2-1-5-11(13)14-9-15-12-6-3-4-8-17(12)22-18(15)10-16(14)20-19;20-19(21)15-7-2-1-5-13(15)12-9-10-18-16(11-12)14-6-3-4-8-17(14)22-18;1-2;1-5(2,3)4/h5-14H,1-4H3;1-10H;1-10H,(H,20,21);1-11H,(H2,20,21);1H3;/i;;;;1D;. The summed E-state index contributed by atoms with van der Waals surface area (Å²) in [7, 11) is -1.48. The molecule has 1 aliphatic heterocycles. The molecule has 1 amide bonds. The van der Waals surface area contributed by atoms with Crippen LogP contribution < -0.4 is 16.9 Å². The van der Waals surface area contributed by atoms with Gasteiger partial charge >= 0.3 is 12.3 Å². The van der Waals surface area contributed by atoms with Crippen molar-refractivity contribution in [2.24, 2.45) is 5.73 Å². The van der Waals surface area contributed by atoms with Gasteiger partial charge in [-0.3, -0.25) is 23.5 Å². The molecule has 0 radical (unpaired) electrons. The fourth-order valence-electron chi connectivity index (χ4n) is 13.5. The molecule has 0 spiro atoms. The predicted molar refractivity (Wildman–Crippen MR) is 445 cm³/mol.